The average Bonchev–Trinajstić information content (AvgIpc) is 3.01. The number of hydrogen-bond acceptors (Lipinski definition) is 5. The van der Waals surface area contributed by atoms with Crippen LogP contribution in [0.4, 0.5) is 0 Å². The maximum absolute atomic E-state index is 10.8. The highest BCUT2D eigenvalue weighted by Crippen LogP contribution is 2.39. The van der Waals surface area contributed by atoms with Gasteiger partial charge in [0.1, 0.15) is 6.29 Å². The summed E-state index contributed by atoms with van der Waals surface area (Å²) in [5.41, 5.74) is 3.90. The van der Waals surface area contributed by atoms with E-state index in [0.717, 1.165) is 53.1 Å². The molecule has 3 rings (SSSR count). The van der Waals surface area contributed by atoms with Gasteiger partial charge in [-0.05, 0) is 52.4 Å². The summed E-state index contributed by atoms with van der Waals surface area (Å²) in [7, 11) is 1.93. The summed E-state index contributed by atoms with van der Waals surface area (Å²) < 4.78 is 0. The normalized spacial score (nSPS) is 14.5. The zero-order chi connectivity index (χ0) is 25.5. The SMILES string of the molecule is C/C=C\N=CCCNC.CC1=C(C/C=C\C(C)C=O)Sc2ccccc2C(c2ccccc2Cl)=N1. The standard InChI is InChI=1S/C22H20ClNOS.C7H14N2/c1-15(14-25)8-7-13-20-16(2)24-22(17-9-3-5-11-19(17)23)18-10-4-6-12-21(18)26-20;1-3-5-9-7-4-6-8-2/h3-12,14-15H,13H2,1-2H3;3,5,7-8H,4,6H2,1-2H3/b8-7-;5-3-,9-7?. The van der Waals surface area contributed by atoms with Crippen molar-refractivity contribution in [2.45, 2.75) is 38.5 Å². The van der Waals surface area contributed by atoms with Crippen LogP contribution < -0.4 is 5.32 Å². The third kappa shape index (κ3) is 9.44. The van der Waals surface area contributed by atoms with E-state index in [4.69, 9.17) is 16.6 Å². The van der Waals surface area contributed by atoms with Crippen molar-refractivity contribution >= 4 is 41.6 Å². The fraction of sp³-hybridized carbons (Fsp3) is 0.276. The van der Waals surface area contributed by atoms with Gasteiger partial charge in [-0.25, -0.2) is 0 Å². The van der Waals surface area contributed by atoms with Crippen molar-refractivity contribution < 1.29 is 4.79 Å². The third-order valence-electron chi connectivity index (χ3n) is 5.01. The highest BCUT2D eigenvalue weighted by Gasteiger charge is 2.19. The van der Waals surface area contributed by atoms with Crippen molar-refractivity contribution in [1.82, 2.24) is 5.32 Å². The number of aldehydes is 1. The molecule has 1 aliphatic heterocycles. The minimum atomic E-state index is -0.0684. The number of nitrogens with one attached hydrogen (secondary N) is 1. The van der Waals surface area contributed by atoms with Gasteiger partial charge in [-0.2, -0.15) is 0 Å². The fourth-order valence-corrected chi connectivity index (χ4v) is 4.45. The number of thioether (sulfide) groups is 1. The van der Waals surface area contributed by atoms with E-state index in [1.54, 1.807) is 18.0 Å². The number of benzene rings is 2. The van der Waals surface area contributed by atoms with Gasteiger partial charge in [-0.3, -0.25) is 9.98 Å². The summed E-state index contributed by atoms with van der Waals surface area (Å²) in [5.74, 6) is -0.0684. The maximum atomic E-state index is 10.8. The Balaban J connectivity index is 0.000000410. The molecule has 184 valence electrons. The molecule has 2 aromatic carbocycles. The highest BCUT2D eigenvalue weighted by molar-refractivity contribution is 8.03. The third-order valence-corrected chi connectivity index (χ3v) is 6.62. The predicted molar refractivity (Wildman–Crippen MR) is 153 cm³/mol. The maximum Gasteiger partial charge on any atom is 0.126 e. The van der Waals surface area contributed by atoms with Crippen molar-refractivity contribution in [1.29, 1.82) is 0 Å². The summed E-state index contributed by atoms with van der Waals surface area (Å²) in [6.45, 7) is 6.87. The number of rotatable bonds is 9. The number of allylic oxidation sites excluding steroid dienone is 5. The summed E-state index contributed by atoms with van der Waals surface area (Å²) in [6.07, 6.45) is 12.3. The lowest BCUT2D eigenvalue weighted by molar-refractivity contribution is -0.109. The zero-order valence-electron chi connectivity index (χ0n) is 20.9. The van der Waals surface area contributed by atoms with E-state index in [0.29, 0.717) is 5.02 Å². The Morgan fingerprint density at radius 3 is 2.54 bits per heavy atom. The largest absolute Gasteiger partial charge is 0.319 e. The Labute approximate surface area is 219 Å². The second kappa shape index (κ2) is 16.0. The van der Waals surface area contributed by atoms with Gasteiger partial charge in [0, 0.05) is 50.0 Å². The molecule has 0 radical (unpaired) electrons. The summed E-state index contributed by atoms with van der Waals surface area (Å²) in [6, 6.07) is 16.1. The molecule has 0 bridgehead atoms. The Bertz CT molecular complexity index is 1120. The Morgan fingerprint density at radius 1 is 1.14 bits per heavy atom. The van der Waals surface area contributed by atoms with Crippen molar-refractivity contribution in [3.05, 3.63) is 99.7 Å². The first-order valence-electron chi connectivity index (χ1n) is 11.7. The molecule has 35 heavy (non-hydrogen) atoms. The van der Waals surface area contributed by atoms with Crippen LogP contribution in [0.15, 0.2) is 98.4 Å². The van der Waals surface area contributed by atoms with E-state index in [1.165, 1.54) is 4.91 Å². The molecule has 1 aliphatic rings. The average molecular weight is 508 g/mol. The molecule has 1 atom stereocenters. The molecule has 2 aromatic rings. The number of nitrogens with zero attached hydrogens (tertiary/aromatic N) is 2. The van der Waals surface area contributed by atoms with E-state index < -0.39 is 0 Å². The highest BCUT2D eigenvalue weighted by atomic mass is 35.5. The van der Waals surface area contributed by atoms with Gasteiger partial charge >= 0.3 is 0 Å². The van der Waals surface area contributed by atoms with E-state index in [-0.39, 0.29) is 5.92 Å². The van der Waals surface area contributed by atoms with Gasteiger partial charge in [0.15, 0.2) is 0 Å². The Hall–Kier alpha value is -2.73. The van der Waals surface area contributed by atoms with Crippen LogP contribution in [0.2, 0.25) is 5.02 Å². The first kappa shape index (κ1) is 28.5. The van der Waals surface area contributed by atoms with Gasteiger partial charge in [-0.15, -0.1) is 0 Å². The molecule has 0 fully saturated rings. The summed E-state index contributed by atoms with van der Waals surface area (Å²) in [5, 5.41) is 3.73. The molecule has 0 amide bonds. The minimum Gasteiger partial charge on any atom is -0.319 e. The molecule has 0 aliphatic carbocycles. The van der Waals surface area contributed by atoms with Crippen molar-refractivity contribution in [3.63, 3.8) is 0 Å². The van der Waals surface area contributed by atoms with Crippen LogP contribution in [0.25, 0.3) is 0 Å². The zero-order valence-corrected chi connectivity index (χ0v) is 22.4. The van der Waals surface area contributed by atoms with Gasteiger partial charge < -0.3 is 10.1 Å². The van der Waals surface area contributed by atoms with E-state index in [1.807, 2.05) is 88.7 Å². The lowest BCUT2D eigenvalue weighted by atomic mass is 10.0. The molecule has 0 aromatic heterocycles. The van der Waals surface area contributed by atoms with E-state index in [9.17, 15) is 4.79 Å². The van der Waals surface area contributed by atoms with Gasteiger partial charge in [-0.1, -0.05) is 84.9 Å². The quantitative estimate of drug-likeness (QED) is 0.165. The van der Waals surface area contributed by atoms with Crippen LogP contribution in [-0.2, 0) is 4.79 Å². The number of halogens is 1. The topological polar surface area (TPSA) is 53.8 Å². The van der Waals surface area contributed by atoms with Gasteiger partial charge in [0.25, 0.3) is 0 Å². The summed E-state index contributed by atoms with van der Waals surface area (Å²) >= 11 is 8.18. The number of aliphatic imine (C=N–C) groups is 2. The first-order chi connectivity index (χ1) is 17.0. The van der Waals surface area contributed by atoms with Crippen molar-refractivity contribution in [3.8, 4) is 0 Å². The van der Waals surface area contributed by atoms with Gasteiger partial charge in [0.05, 0.1) is 5.71 Å². The number of carbonyl (C=O) groups excluding carboxylic acids is 1. The smallest absolute Gasteiger partial charge is 0.126 e. The molecule has 0 spiro atoms. The van der Waals surface area contributed by atoms with Crippen molar-refractivity contribution in [2.24, 2.45) is 15.9 Å². The monoisotopic (exact) mass is 507 g/mol. The van der Waals surface area contributed by atoms with Crippen LogP contribution in [0.1, 0.15) is 44.7 Å². The lowest BCUT2D eigenvalue weighted by Crippen LogP contribution is -2.07. The first-order valence-corrected chi connectivity index (χ1v) is 12.9. The Kier molecular flexibility index (Phi) is 13.1. The number of fused-ring (bicyclic) bond motifs is 1. The summed E-state index contributed by atoms with van der Waals surface area (Å²) in [4.78, 5) is 22.1. The molecule has 1 heterocycles. The second-order valence-corrected chi connectivity index (χ2v) is 9.42. The van der Waals surface area contributed by atoms with Crippen LogP contribution in [0.3, 0.4) is 0 Å². The van der Waals surface area contributed by atoms with Gasteiger partial charge in [0.2, 0.25) is 0 Å². The number of carbonyl (C=O) groups is 1. The molecule has 0 saturated heterocycles. The van der Waals surface area contributed by atoms with E-state index in [2.05, 4.69) is 22.4 Å². The molecule has 1 unspecified atom stereocenters. The molecule has 6 heteroatoms. The fourth-order valence-electron chi connectivity index (χ4n) is 3.16. The van der Waals surface area contributed by atoms with Crippen LogP contribution in [-0.4, -0.2) is 31.8 Å². The second-order valence-electron chi connectivity index (χ2n) is 7.88. The van der Waals surface area contributed by atoms with Crippen molar-refractivity contribution in [2.75, 3.05) is 13.6 Å². The van der Waals surface area contributed by atoms with Crippen LogP contribution in [0, 0.1) is 5.92 Å². The molecular formula is C29H34ClN3OS. The van der Waals surface area contributed by atoms with Crippen LogP contribution in [0.5, 0.6) is 0 Å². The number of hydrogen-bond donors (Lipinski definition) is 1. The molecule has 1 N–H and O–H groups in total. The predicted octanol–water partition coefficient (Wildman–Crippen LogP) is 7.50. The molecule has 0 saturated carbocycles. The van der Waals surface area contributed by atoms with Crippen LogP contribution >= 0.6 is 23.4 Å². The lowest BCUT2D eigenvalue weighted by Gasteiger charge is -2.10. The molecular weight excluding hydrogens is 474 g/mol. The molecule has 4 nitrogen and oxygen atoms in total. The Morgan fingerprint density at radius 2 is 1.86 bits per heavy atom. The minimum absolute atomic E-state index is 0.0684. The van der Waals surface area contributed by atoms with E-state index >= 15 is 0 Å².